The zero-order valence-electron chi connectivity index (χ0n) is 30.8. The van der Waals surface area contributed by atoms with Crippen molar-refractivity contribution in [2.24, 2.45) is 0 Å². The van der Waals surface area contributed by atoms with E-state index in [4.69, 9.17) is 4.42 Å². The van der Waals surface area contributed by atoms with Gasteiger partial charge in [-0.1, -0.05) is 153 Å². The number of rotatable bonds is 5. The molecule has 0 fully saturated rings. The molecule has 0 saturated heterocycles. The quantitative estimate of drug-likeness (QED) is 0.177. The van der Waals surface area contributed by atoms with Crippen LogP contribution in [0.2, 0.25) is 0 Å². The first-order valence-electron chi connectivity index (χ1n) is 19.1. The van der Waals surface area contributed by atoms with Gasteiger partial charge >= 0.3 is 0 Å². The molecule has 0 atom stereocenters. The van der Waals surface area contributed by atoms with Crippen molar-refractivity contribution in [2.75, 3.05) is 4.90 Å². The number of nitrogens with zero attached hydrogens (tertiary/aromatic N) is 1. The number of anilines is 3. The lowest BCUT2D eigenvalue weighted by Crippen LogP contribution is -2.16. The minimum Gasteiger partial charge on any atom is -0.454 e. The highest BCUT2D eigenvalue weighted by Crippen LogP contribution is 2.55. The van der Waals surface area contributed by atoms with Gasteiger partial charge in [0.25, 0.3) is 0 Å². The SMILES string of the molecule is CC1(C)c2ccccc2-c2c(N(c3ccc(-c4ccc5cc(-c6ccc7ccccc7c6)ccc5c4)cc3)c3cccc4c3oc3ccccc34)cccc21. The van der Waals surface area contributed by atoms with Crippen molar-refractivity contribution in [1.82, 2.24) is 0 Å². The van der Waals surface area contributed by atoms with E-state index in [1.165, 1.54) is 66.1 Å². The molecule has 1 heterocycles. The van der Waals surface area contributed by atoms with Crippen LogP contribution in [0, 0.1) is 0 Å². The third-order valence-electron chi connectivity index (χ3n) is 11.8. The summed E-state index contributed by atoms with van der Waals surface area (Å²) < 4.78 is 6.69. The largest absolute Gasteiger partial charge is 0.454 e. The van der Waals surface area contributed by atoms with Gasteiger partial charge in [-0.05, 0) is 109 Å². The Balaban J connectivity index is 1.03. The summed E-state index contributed by atoms with van der Waals surface area (Å²) >= 11 is 0. The van der Waals surface area contributed by atoms with Crippen LogP contribution in [0.1, 0.15) is 25.0 Å². The lowest BCUT2D eigenvalue weighted by Gasteiger charge is -2.29. The first kappa shape index (κ1) is 31.6. The standard InChI is InChI=1S/C53H37NO/c1-53(2)46-16-7-5-14-45(46)51-47(53)17-10-18-48(51)54(49-19-9-15-44-43-13-6-8-20-50(43)55-52(44)49)42-29-27-35(28-30-42)37-23-24-40-33-41(26-25-39(40)32-37)38-22-21-34-11-3-4-12-36(34)31-38/h3-33H,1-2H3. The van der Waals surface area contributed by atoms with Gasteiger partial charge in [0, 0.05) is 27.4 Å². The molecule has 0 unspecified atom stereocenters. The Labute approximate surface area is 320 Å². The Bertz CT molecular complexity index is 3130. The van der Waals surface area contributed by atoms with Crippen LogP contribution in [0.15, 0.2) is 192 Å². The topological polar surface area (TPSA) is 16.4 Å². The average molecular weight is 704 g/mol. The van der Waals surface area contributed by atoms with Crippen LogP contribution in [0.4, 0.5) is 17.1 Å². The van der Waals surface area contributed by atoms with E-state index in [0.717, 1.165) is 39.0 Å². The monoisotopic (exact) mass is 703 g/mol. The third kappa shape index (κ3) is 4.95. The molecule has 1 aliphatic rings. The Kier molecular flexibility index (Phi) is 6.93. The molecule has 260 valence electrons. The minimum absolute atomic E-state index is 0.116. The van der Waals surface area contributed by atoms with Gasteiger partial charge in [0.15, 0.2) is 5.58 Å². The maximum absolute atomic E-state index is 6.69. The van der Waals surface area contributed by atoms with Crippen LogP contribution >= 0.6 is 0 Å². The summed E-state index contributed by atoms with van der Waals surface area (Å²) in [6, 6.07) is 68.4. The van der Waals surface area contributed by atoms with Gasteiger partial charge in [-0.15, -0.1) is 0 Å². The number of para-hydroxylation sites is 2. The van der Waals surface area contributed by atoms with Crippen molar-refractivity contribution in [1.29, 1.82) is 0 Å². The number of furan rings is 1. The van der Waals surface area contributed by atoms with Crippen molar-refractivity contribution in [2.45, 2.75) is 19.3 Å². The van der Waals surface area contributed by atoms with Gasteiger partial charge in [0.2, 0.25) is 0 Å². The highest BCUT2D eigenvalue weighted by Gasteiger charge is 2.38. The van der Waals surface area contributed by atoms with E-state index in [1.807, 2.05) is 6.07 Å². The zero-order chi connectivity index (χ0) is 36.7. The van der Waals surface area contributed by atoms with Crippen molar-refractivity contribution in [3.8, 4) is 33.4 Å². The predicted octanol–water partition coefficient (Wildman–Crippen LogP) is 15.0. The van der Waals surface area contributed by atoms with Crippen LogP contribution in [0.5, 0.6) is 0 Å². The normalized spacial score (nSPS) is 13.1. The molecule has 0 amide bonds. The molecule has 0 bridgehead atoms. The summed E-state index contributed by atoms with van der Waals surface area (Å²) in [5.41, 5.74) is 15.0. The molecule has 9 aromatic carbocycles. The molecule has 55 heavy (non-hydrogen) atoms. The molecule has 0 spiro atoms. The fourth-order valence-corrected chi connectivity index (χ4v) is 9.01. The fourth-order valence-electron chi connectivity index (χ4n) is 9.01. The maximum atomic E-state index is 6.69. The second kappa shape index (κ2) is 12.1. The van der Waals surface area contributed by atoms with E-state index < -0.39 is 0 Å². The maximum Gasteiger partial charge on any atom is 0.159 e. The van der Waals surface area contributed by atoms with E-state index in [-0.39, 0.29) is 5.41 Å². The van der Waals surface area contributed by atoms with E-state index >= 15 is 0 Å². The van der Waals surface area contributed by atoms with Crippen LogP contribution in [-0.2, 0) is 5.41 Å². The predicted molar refractivity (Wildman–Crippen MR) is 232 cm³/mol. The minimum atomic E-state index is -0.116. The van der Waals surface area contributed by atoms with Crippen LogP contribution in [0.3, 0.4) is 0 Å². The number of fused-ring (bicyclic) bond motifs is 8. The Morgan fingerprint density at radius 2 is 0.964 bits per heavy atom. The number of hydrogen-bond acceptors (Lipinski definition) is 2. The van der Waals surface area contributed by atoms with Gasteiger partial charge in [-0.3, -0.25) is 0 Å². The first-order chi connectivity index (χ1) is 27.0. The Hall–Kier alpha value is -6.90. The zero-order valence-corrected chi connectivity index (χ0v) is 30.8. The number of benzene rings is 9. The average Bonchev–Trinajstić information content (AvgIpc) is 3.73. The van der Waals surface area contributed by atoms with Gasteiger partial charge in [-0.2, -0.15) is 0 Å². The van der Waals surface area contributed by atoms with Gasteiger partial charge in [-0.25, -0.2) is 0 Å². The van der Waals surface area contributed by atoms with Gasteiger partial charge in [0.05, 0.1) is 11.4 Å². The van der Waals surface area contributed by atoms with E-state index in [2.05, 4.69) is 201 Å². The lowest BCUT2D eigenvalue weighted by molar-refractivity contribution is 0.660. The fraction of sp³-hybridized carbons (Fsp3) is 0.0566. The smallest absolute Gasteiger partial charge is 0.159 e. The van der Waals surface area contributed by atoms with Crippen LogP contribution in [0.25, 0.3) is 76.9 Å². The highest BCUT2D eigenvalue weighted by atomic mass is 16.3. The van der Waals surface area contributed by atoms with E-state index in [1.54, 1.807) is 0 Å². The van der Waals surface area contributed by atoms with Crippen molar-refractivity contribution in [3.63, 3.8) is 0 Å². The molecule has 0 radical (unpaired) electrons. The third-order valence-corrected chi connectivity index (χ3v) is 11.8. The molecular weight excluding hydrogens is 667 g/mol. The van der Waals surface area contributed by atoms with E-state index in [9.17, 15) is 0 Å². The molecule has 2 heteroatoms. The lowest BCUT2D eigenvalue weighted by atomic mass is 9.82. The number of hydrogen-bond donors (Lipinski definition) is 0. The summed E-state index contributed by atoms with van der Waals surface area (Å²) in [5.74, 6) is 0. The Morgan fingerprint density at radius 1 is 0.418 bits per heavy atom. The molecule has 2 nitrogen and oxygen atoms in total. The Morgan fingerprint density at radius 3 is 1.75 bits per heavy atom. The van der Waals surface area contributed by atoms with Crippen LogP contribution in [-0.4, -0.2) is 0 Å². The van der Waals surface area contributed by atoms with Crippen LogP contribution < -0.4 is 4.90 Å². The molecule has 0 aliphatic heterocycles. The summed E-state index contributed by atoms with van der Waals surface area (Å²) in [7, 11) is 0. The summed E-state index contributed by atoms with van der Waals surface area (Å²) in [5, 5.41) is 7.22. The first-order valence-corrected chi connectivity index (χ1v) is 19.1. The molecule has 1 aromatic heterocycles. The van der Waals surface area contributed by atoms with Crippen molar-refractivity contribution >= 4 is 60.5 Å². The van der Waals surface area contributed by atoms with Gasteiger partial charge in [0.1, 0.15) is 5.58 Å². The molecule has 0 saturated carbocycles. The summed E-state index contributed by atoms with van der Waals surface area (Å²) in [4.78, 5) is 2.40. The molecular formula is C53H37NO. The second-order valence-electron chi connectivity index (χ2n) is 15.3. The van der Waals surface area contributed by atoms with Gasteiger partial charge < -0.3 is 9.32 Å². The molecule has 10 aromatic rings. The van der Waals surface area contributed by atoms with E-state index in [0.29, 0.717) is 0 Å². The van der Waals surface area contributed by atoms with Crippen molar-refractivity contribution < 1.29 is 4.42 Å². The summed E-state index contributed by atoms with van der Waals surface area (Å²) in [6.07, 6.45) is 0. The highest BCUT2D eigenvalue weighted by molar-refractivity contribution is 6.11. The second-order valence-corrected chi connectivity index (χ2v) is 15.3. The summed E-state index contributed by atoms with van der Waals surface area (Å²) in [6.45, 7) is 4.68. The molecule has 1 aliphatic carbocycles. The molecule has 11 rings (SSSR count). The molecule has 0 N–H and O–H groups in total. The van der Waals surface area contributed by atoms with Crippen molar-refractivity contribution in [3.05, 3.63) is 199 Å².